The summed E-state index contributed by atoms with van der Waals surface area (Å²) >= 11 is 1.25. The highest BCUT2D eigenvalue weighted by atomic mass is 32.1. The van der Waals surface area contributed by atoms with E-state index in [4.69, 9.17) is 10.5 Å². The summed E-state index contributed by atoms with van der Waals surface area (Å²) in [6, 6.07) is -0.590. The van der Waals surface area contributed by atoms with Crippen molar-refractivity contribution in [2.45, 2.75) is 26.3 Å². The van der Waals surface area contributed by atoms with Crippen molar-refractivity contribution in [3.05, 3.63) is 11.1 Å². The first-order valence-electron chi connectivity index (χ1n) is 5.19. The van der Waals surface area contributed by atoms with Crippen LogP contribution in [0, 0.1) is 0 Å². The van der Waals surface area contributed by atoms with Crippen LogP contribution in [0.3, 0.4) is 0 Å². The van der Waals surface area contributed by atoms with Gasteiger partial charge in [0, 0.05) is 5.38 Å². The number of nitrogens with two attached hydrogens (primary N) is 1. The molecule has 0 spiro atoms. The maximum Gasteiger partial charge on any atom is 0.311 e. The molecule has 17 heavy (non-hydrogen) atoms. The van der Waals surface area contributed by atoms with E-state index in [1.54, 1.807) is 19.2 Å². The summed E-state index contributed by atoms with van der Waals surface area (Å²) in [5.41, 5.74) is 5.98. The highest BCUT2D eigenvalue weighted by molar-refractivity contribution is 7.13. The zero-order valence-corrected chi connectivity index (χ0v) is 10.5. The molecule has 0 saturated heterocycles. The van der Waals surface area contributed by atoms with E-state index < -0.39 is 6.04 Å². The lowest BCUT2D eigenvalue weighted by atomic mass is 10.3. The van der Waals surface area contributed by atoms with Crippen LogP contribution in [0.2, 0.25) is 0 Å². The first-order chi connectivity index (χ1) is 8.02. The van der Waals surface area contributed by atoms with Gasteiger partial charge in [-0.1, -0.05) is 0 Å². The van der Waals surface area contributed by atoms with Crippen molar-refractivity contribution in [3.63, 3.8) is 0 Å². The van der Waals surface area contributed by atoms with Gasteiger partial charge in [-0.25, -0.2) is 4.98 Å². The van der Waals surface area contributed by atoms with Gasteiger partial charge in [0.1, 0.15) is 0 Å². The van der Waals surface area contributed by atoms with Gasteiger partial charge in [0.2, 0.25) is 5.91 Å². The monoisotopic (exact) mass is 257 g/mol. The Hall–Kier alpha value is -1.47. The second kappa shape index (κ2) is 6.31. The van der Waals surface area contributed by atoms with E-state index in [1.165, 1.54) is 11.3 Å². The van der Waals surface area contributed by atoms with Crippen LogP contribution in [0.25, 0.3) is 0 Å². The minimum absolute atomic E-state index is 0.110. The number of nitrogens with zero attached hydrogens (tertiary/aromatic N) is 1. The molecule has 1 atom stereocenters. The summed E-state index contributed by atoms with van der Waals surface area (Å²) in [7, 11) is 0. The molecule has 6 nitrogen and oxygen atoms in total. The van der Waals surface area contributed by atoms with Crippen molar-refractivity contribution in [3.8, 4) is 0 Å². The first-order valence-corrected chi connectivity index (χ1v) is 6.07. The number of hydrogen-bond donors (Lipinski definition) is 2. The van der Waals surface area contributed by atoms with E-state index in [-0.39, 0.29) is 18.3 Å². The van der Waals surface area contributed by atoms with Gasteiger partial charge in [0.05, 0.1) is 24.8 Å². The number of thiazole rings is 1. The third-order valence-corrected chi connectivity index (χ3v) is 2.63. The minimum atomic E-state index is -0.590. The fraction of sp³-hybridized carbons (Fsp3) is 0.500. The lowest BCUT2D eigenvalue weighted by molar-refractivity contribution is -0.142. The van der Waals surface area contributed by atoms with Crippen LogP contribution in [-0.2, 0) is 20.7 Å². The second-order valence-corrected chi connectivity index (χ2v) is 4.26. The Bertz CT molecular complexity index is 403. The number of carbonyl (C=O) groups excluding carboxylic acids is 2. The molecule has 1 aromatic heterocycles. The molecular weight excluding hydrogens is 242 g/mol. The maximum absolute atomic E-state index is 11.3. The number of amides is 1. The fourth-order valence-electron chi connectivity index (χ4n) is 1.02. The molecule has 0 aromatic carbocycles. The first kappa shape index (κ1) is 13.6. The van der Waals surface area contributed by atoms with E-state index in [0.717, 1.165) is 0 Å². The fourth-order valence-corrected chi connectivity index (χ4v) is 1.74. The number of ether oxygens (including phenoxy) is 1. The number of rotatable bonds is 5. The second-order valence-electron chi connectivity index (χ2n) is 3.40. The van der Waals surface area contributed by atoms with Gasteiger partial charge in [-0.3, -0.25) is 9.59 Å². The Morgan fingerprint density at radius 3 is 2.94 bits per heavy atom. The molecule has 0 saturated carbocycles. The summed E-state index contributed by atoms with van der Waals surface area (Å²) < 4.78 is 4.79. The van der Waals surface area contributed by atoms with Gasteiger partial charge in [-0.15, -0.1) is 11.3 Å². The molecule has 3 N–H and O–H groups in total. The Morgan fingerprint density at radius 1 is 1.65 bits per heavy atom. The summed E-state index contributed by atoms with van der Waals surface area (Å²) in [5, 5.41) is 4.70. The molecule has 1 unspecified atom stereocenters. The SMILES string of the molecule is CCOC(=O)Cc1csc(NC(=O)C(C)N)n1. The molecule has 0 fully saturated rings. The molecule has 94 valence electrons. The van der Waals surface area contributed by atoms with Crippen molar-refractivity contribution >= 4 is 28.3 Å². The summed E-state index contributed by atoms with van der Waals surface area (Å²) in [6.45, 7) is 3.67. The molecule has 1 amide bonds. The predicted octanol–water partition coefficient (Wildman–Crippen LogP) is 0.534. The van der Waals surface area contributed by atoms with Gasteiger partial charge < -0.3 is 15.8 Å². The van der Waals surface area contributed by atoms with Gasteiger partial charge >= 0.3 is 5.97 Å². The summed E-state index contributed by atoms with van der Waals surface area (Å²) in [5.74, 6) is -0.634. The van der Waals surface area contributed by atoms with Crippen LogP contribution in [0.4, 0.5) is 5.13 Å². The third kappa shape index (κ3) is 4.49. The highest BCUT2D eigenvalue weighted by Gasteiger charge is 2.12. The quantitative estimate of drug-likeness (QED) is 0.750. The van der Waals surface area contributed by atoms with Gasteiger partial charge in [0.15, 0.2) is 5.13 Å². The number of nitrogens with one attached hydrogen (secondary N) is 1. The molecule has 0 aliphatic heterocycles. The van der Waals surface area contributed by atoms with Gasteiger partial charge in [-0.2, -0.15) is 0 Å². The van der Waals surface area contributed by atoms with E-state index in [9.17, 15) is 9.59 Å². The molecule has 0 aliphatic rings. The topological polar surface area (TPSA) is 94.3 Å². The number of esters is 1. The summed E-state index contributed by atoms with van der Waals surface area (Å²) in [4.78, 5) is 26.6. The Morgan fingerprint density at radius 2 is 2.35 bits per heavy atom. The average molecular weight is 257 g/mol. The average Bonchev–Trinajstić information content (AvgIpc) is 2.65. The molecular formula is C10H15N3O3S. The molecule has 0 aliphatic carbocycles. The third-order valence-electron chi connectivity index (χ3n) is 1.83. The van der Waals surface area contributed by atoms with Crippen LogP contribution in [0.15, 0.2) is 5.38 Å². The van der Waals surface area contributed by atoms with Crippen molar-refractivity contribution in [2.75, 3.05) is 11.9 Å². The standard InChI is InChI=1S/C10H15N3O3S/c1-3-16-8(14)4-7-5-17-10(12-7)13-9(15)6(2)11/h5-6H,3-4,11H2,1-2H3,(H,12,13,15). The van der Waals surface area contributed by atoms with Crippen molar-refractivity contribution < 1.29 is 14.3 Å². The van der Waals surface area contributed by atoms with Crippen molar-refractivity contribution in [1.29, 1.82) is 0 Å². The van der Waals surface area contributed by atoms with E-state index in [0.29, 0.717) is 17.4 Å². The van der Waals surface area contributed by atoms with E-state index in [1.807, 2.05) is 0 Å². The lowest BCUT2D eigenvalue weighted by Crippen LogP contribution is -2.32. The van der Waals surface area contributed by atoms with Crippen LogP contribution in [-0.4, -0.2) is 29.5 Å². The van der Waals surface area contributed by atoms with Crippen molar-refractivity contribution in [2.24, 2.45) is 5.73 Å². The molecule has 7 heteroatoms. The van der Waals surface area contributed by atoms with E-state index >= 15 is 0 Å². The Labute approximate surface area is 103 Å². The number of hydrogen-bond acceptors (Lipinski definition) is 6. The number of aromatic nitrogens is 1. The number of carbonyl (C=O) groups is 2. The summed E-state index contributed by atoms with van der Waals surface area (Å²) in [6.07, 6.45) is 0.110. The van der Waals surface area contributed by atoms with Crippen LogP contribution >= 0.6 is 11.3 Å². The van der Waals surface area contributed by atoms with Gasteiger partial charge in [0.25, 0.3) is 0 Å². The Balaban J connectivity index is 2.53. The molecule has 0 radical (unpaired) electrons. The Kier molecular flexibility index (Phi) is 5.05. The maximum atomic E-state index is 11.3. The zero-order chi connectivity index (χ0) is 12.8. The van der Waals surface area contributed by atoms with E-state index in [2.05, 4.69) is 10.3 Å². The largest absolute Gasteiger partial charge is 0.466 e. The normalized spacial score (nSPS) is 11.9. The molecule has 1 heterocycles. The van der Waals surface area contributed by atoms with Crippen LogP contribution in [0.1, 0.15) is 19.5 Å². The van der Waals surface area contributed by atoms with Crippen LogP contribution in [0.5, 0.6) is 0 Å². The highest BCUT2D eigenvalue weighted by Crippen LogP contribution is 2.16. The molecule has 0 bridgehead atoms. The zero-order valence-electron chi connectivity index (χ0n) is 9.73. The van der Waals surface area contributed by atoms with Gasteiger partial charge in [-0.05, 0) is 13.8 Å². The lowest BCUT2D eigenvalue weighted by Gasteiger charge is -2.03. The smallest absolute Gasteiger partial charge is 0.311 e. The predicted molar refractivity (Wildman–Crippen MR) is 64.7 cm³/mol. The molecule has 1 rings (SSSR count). The minimum Gasteiger partial charge on any atom is -0.466 e. The van der Waals surface area contributed by atoms with Crippen molar-refractivity contribution in [1.82, 2.24) is 4.98 Å². The van der Waals surface area contributed by atoms with Crippen LogP contribution < -0.4 is 11.1 Å². The molecule has 1 aromatic rings. The number of anilines is 1.